The van der Waals surface area contributed by atoms with E-state index >= 15 is 0 Å². The van der Waals surface area contributed by atoms with Gasteiger partial charge < -0.3 is 4.74 Å². The predicted octanol–water partition coefficient (Wildman–Crippen LogP) is 5.16. The maximum Gasteiger partial charge on any atom is 0.260 e. The summed E-state index contributed by atoms with van der Waals surface area (Å²) < 4.78 is 34.8. The third kappa shape index (κ3) is 5.07. The fourth-order valence-corrected chi connectivity index (χ4v) is 7.78. The number of hydrogen-bond acceptors (Lipinski definition) is 6. The summed E-state index contributed by atoms with van der Waals surface area (Å²) >= 11 is 1.51. The minimum atomic E-state index is -3.58. The molecule has 5 rings (SSSR count). The highest BCUT2D eigenvalue weighted by Crippen LogP contribution is 2.34. The van der Waals surface area contributed by atoms with Crippen molar-refractivity contribution >= 4 is 42.6 Å². The molecule has 3 heterocycles. The molecule has 2 saturated heterocycles. The molecule has 0 bridgehead atoms. The van der Waals surface area contributed by atoms with Gasteiger partial charge >= 0.3 is 0 Å². The number of anilines is 1. The Morgan fingerprint density at radius 1 is 1.17 bits per heavy atom. The molecule has 2 unspecified atom stereocenters. The normalized spacial score (nSPS) is 21.2. The molecule has 1 amide bonds. The first-order valence-corrected chi connectivity index (χ1v) is 14.9. The van der Waals surface area contributed by atoms with Crippen molar-refractivity contribution in [1.82, 2.24) is 9.29 Å². The van der Waals surface area contributed by atoms with Crippen LogP contribution in [0.2, 0.25) is 0 Å². The molecule has 3 aromatic rings. The first-order chi connectivity index (χ1) is 17.2. The van der Waals surface area contributed by atoms with E-state index in [-0.39, 0.29) is 16.9 Å². The highest BCUT2D eigenvalue weighted by molar-refractivity contribution is 7.89. The third-order valence-electron chi connectivity index (χ3n) is 7.05. The molecule has 0 N–H and O–H groups in total. The molecule has 9 heteroatoms. The Morgan fingerprint density at radius 3 is 2.64 bits per heavy atom. The number of ether oxygens (including phenoxy) is 1. The van der Waals surface area contributed by atoms with Crippen LogP contribution in [0.25, 0.3) is 10.2 Å². The Labute approximate surface area is 217 Å². The molecule has 192 valence electrons. The van der Waals surface area contributed by atoms with Crippen LogP contribution in [0.3, 0.4) is 0 Å². The minimum absolute atomic E-state index is 0.0375. The Hall–Kier alpha value is -2.33. The van der Waals surface area contributed by atoms with Crippen LogP contribution in [-0.4, -0.2) is 56.0 Å². The van der Waals surface area contributed by atoms with Crippen LogP contribution in [0.15, 0.2) is 41.3 Å². The molecular weight excluding hydrogens is 494 g/mol. The van der Waals surface area contributed by atoms with Gasteiger partial charge in [-0.25, -0.2) is 13.4 Å². The van der Waals surface area contributed by atoms with Crippen LogP contribution in [-0.2, 0) is 14.8 Å². The van der Waals surface area contributed by atoms with Gasteiger partial charge in [0.1, 0.15) is 0 Å². The van der Waals surface area contributed by atoms with Gasteiger partial charge in [-0.1, -0.05) is 24.3 Å². The number of carbonyl (C=O) groups is 1. The molecule has 2 aromatic carbocycles. The number of benzene rings is 2. The van der Waals surface area contributed by atoms with Crippen LogP contribution >= 0.6 is 11.3 Å². The highest BCUT2D eigenvalue weighted by Gasteiger charge is 2.30. The molecule has 0 spiro atoms. The van der Waals surface area contributed by atoms with Gasteiger partial charge in [0.05, 0.1) is 27.8 Å². The summed E-state index contributed by atoms with van der Waals surface area (Å²) in [5, 5.41) is 0.637. The molecule has 2 aliphatic heterocycles. The first-order valence-electron chi connectivity index (χ1n) is 12.6. The van der Waals surface area contributed by atoms with Crippen molar-refractivity contribution in [2.45, 2.75) is 57.5 Å². The second-order valence-corrected chi connectivity index (χ2v) is 13.0. The number of sulfonamides is 1. The molecular formula is C27H33N3O4S2. The Bertz CT molecular complexity index is 1360. The number of amides is 1. The lowest BCUT2D eigenvalue weighted by atomic mass is 10.0. The van der Waals surface area contributed by atoms with Gasteiger partial charge in [0.2, 0.25) is 10.0 Å². The van der Waals surface area contributed by atoms with Crippen molar-refractivity contribution in [3.8, 4) is 0 Å². The van der Waals surface area contributed by atoms with Crippen molar-refractivity contribution in [1.29, 1.82) is 0 Å². The van der Waals surface area contributed by atoms with Gasteiger partial charge in [-0.3, -0.25) is 9.69 Å². The van der Waals surface area contributed by atoms with E-state index in [0.717, 1.165) is 47.0 Å². The number of hydrogen-bond donors (Lipinski definition) is 0. The minimum Gasteiger partial charge on any atom is -0.376 e. The fraction of sp³-hybridized carbons (Fsp3) is 0.481. The van der Waals surface area contributed by atoms with Crippen molar-refractivity contribution in [3.63, 3.8) is 0 Å². The summed E-state index contributed by atoms with van der Waals surface area (Å²) in [5.74, 6) is 0.149. The quantitative estimate of drug-likeness (QED) is 0.442. The average molecular weight is 528 g/mol. The Morgan fingerprint density at radius 2 is 1.94 bits per heavy atom. The van der Waals surface area contributed by atoms with E-state index in [0.29, 0.717) is 42.9 Å². The molecule has 2 fully saturated rings. The molecule has 2 aliphatic rings. The summed E-state index contributed by atoms with van der Waals surface area (Å²) in [6.07, 6.45) is 3.76. The van der Waals surface area contributed by atoms with E-state index in [2.05, 4.69) is 19.9 Å². The van der Waals surface area contributed by atoms with Crippen LogP contribution < -0.4 is 4.90 Å². The topological polar surface area (TPSA) is 79.8 Å². The van der Waals surface area contributed by atoms with E-state index < -0.39 is 10.0 Å². The molecule has 0 radical (unpaired) electrons. The monoisotopic (exact) mass is 527 g/mol. The maximum atomic E-state index is 13.7. The number of nitrogens with zero attached hydrogens (tertiary/aromatic N) is 3. The van der Waals surface area contributed by atoms with Crippen molar-refractivity contribution in [2.24, 2.45) is 5.92 Å². The van der Waals surface area contributed by atoms with Gasteiger partial charge in [-0.15, -0.1) is 0 Å². The van der Waals surface area contributed by atoms with Crippen molar-refractivity contribution in [2.75, 3.05) is 31.1 Å². The maximum absolute atomic E-state index is 13.7. The van der Waals surface area contributed by atoms with Crippen molar-refractivity contribution < 1.29 is 17.9 Å². The van der Waals surface area contributed by atoms with Gasteiger partial charge in [0.25, 0.3) is 5.91 Å². The third-order valence-corrected chi connectivity index (χ3v) is 10.2. The molecule has 2 atom stereocenters. The van der Waals surface area contributed by atoms with Crippen LogP contribution in [0.5, 0.6) is 0 Å². The van der Waals surface area contributed by atoms with Crippen LogP contribution in [0, 0.1) is 19.8 Å². The Balaban J connectivity index is 1.44. The molecule has 36 heavy (non-hydrogen) atoms. The summed E-state index contributed by atoms with van der Waals surface area (Å²) in [7, 11) is -3.58. The molecule has 0 saturated carbocycles. The SMILES string of the molecule is Cc1cc(C)c2sc(N(CC3CCCO3)C(=O)c3ccc(S(=O)(=O)N4CCCC(C)C4)cc3)nc2c1. The van der Waals surface area contributed by atoms with Crippen LogP contribution in [0.4, 0.5) is 5.13 Å². The summed E-state index contributed by atoms with van der Waals surface area (Å²) in [6.45, 7) is 8.38. The van der Waals surface area contributed by atoms with E-state index in [1.54, 1.807) is 33.5 Å². The van der Waals surface area contributed by atoms with E-state index in [4.69, 9.17) is 9.72 Å². The highest BCUT2D eigenvalue weighted by atomic mass is 32.2. The summed E-state index contributed by atoms with van der Waals surface area (Å²) in [6, 6.07) is 10.5. The van der Waals surface area contributed by atoms with Gasteiger partial charge in [0, 0.05) is 25.3 Å². The zero-order valence-corrected chi connectivity index (χ0v) is 22.7. The number of rotatable bonds is 6. The predicted molar refractivity (Wildman–Crippen MR) is 143 cm³/mol. The number of fused-ring (bicyclic) bond motifs is 1. The lowest BCUT2D eigenvalue weighted by molar-refractivity contribution is 0.0917. The lowest BCUT2D eigenvalue weighted by Gasteiger charge is -2.30. The summed E-state index contributed by atoms with van der Waals surface area (Å²) in [4.78, 5) is 20.5. The average Bonchev–Trinajstić information content (AvgIpc) is 3.52. The lowest BCUT2D eigenvalue weighted by Crippen LogP contribution is -2.39. The van der Waals surface area contributed by atoms with E-state index in [1.165, 1.54) is 11.3 Å². The number of aryl methyl sites for hydroxylation is 2. The Kier molecular flexibility index (Phi) is 7.18. The number of aromatic nitrogens is 1. The van der Waals surface area contributed by atoms with Gasteiger partial charge in [0.15, 0.2) is 5.13 Å². The molecule has 1 aromatic heterocycles. The zero-order chi connectivity index (χ0) is 25.4. The van der Waals surface area contributed by atoms with Crippen molar-refractivity contribution in [3.05, 3.63) is 53.1 Å². The second kappa shape index (κ2) is 10.2. The van der Waals surface area contributed by atoms with Crippen LogP contribution in [0.1, 0.15) is 54.1 Å². The summed E-state index contributed by atoms with van der Waals surface area (Å²) in [5.41, 5.74) is 3.59. The first kappa shape index (κ1) is 25.3. The standard InChI is InChI=1S/C27H33N3O4S2/c1-18-6-4-12-29(16-18)36(32,33)23-10-8-21(9-11-23)26(31)30(17-22-7-5-13-34-22)27-28-24-15-19(2)14-20(3)25(24)35-27/h8-11,14-15,18,22H,4-7,12-13,16-17H2,1-3H3. The molecule has 7 nitrogen and oxygen atoms in total. The van der Waals surface area contributed by atoms with E-state index in [1.807, 2.05) is 13.0 Å². The van der Waals surface area contributed by atoms with Gasteiger partial charge in [-0.05, 0) is 86.9 Å². The largest absolute Gasteiger partial charge is 0.376 e. The van der Waals surface area contributed by atoms with E-state index in [9.17, 15) is 13.2 Å². The smallest absolute Gasteiger partial charge is 0.260 e. The zero-order valence-electron chi connectivity index (χ0n) is 21.1. The fourth-order valence-electron chi connectivity index (χ4n) is 5.16. The van der Waals surface area contributed by atoms with Gasteiger partial charge in [-0.2, -0.15) is 4.31 Å². The number of piperidine rings is 1. The number of carbonyl (C=O) groups excluding carboxylic acids is 1. The number of thiazole rings is 1. The molecule has 0 aliphatic carbocycles. The second-order valence-electron chi connectivity index (χ2n) is 10.1.